The van der Waals surface area contributed by atoms with Crippen LogP contribution in [0.3, 0.4) is 0 Å². The van der Waals surface area contributed by atoms with Crippen LogP contribution in [0.25, 0.3) is 0 Å². The highest BCUT2D eigenvalue weighted by molar-refractivity contribution is 6.12. The zero-order valence-electron chi connectivity index (χ0n) is 21.8. The SMILES string of the molecule is O=C1CC[C@@H](C(=O)N(c2cc(F)cc(F)c2)[C@@]2(C(=O)NC3CC(F)(F)C3)CCc3ccccc32)N1c1ccccn1. The molecule has 7 nitrogen and oxygen atoms in total. The number of pyridine rings is 1. The van der Waals surface area contributed by atoms with Crippen molar-refractivity contribution < 1.29 is 31.9 Å². The second-order valence-corrected chi connectivity index (χ2v) is 10.8. The number of rotatable bonds is 6. The lowest BCUT2D eigenvalue weighted by Crippen LogP contribution is -2.64. The Bertz CT molecular complexity index is 1510. The van der Waals surface area contributed by atoms with Gasteiger partial charge in [-0.05, 0) is 54.7 Å². The highest BCUT2D eigenvalue weighted by Crippen LogP contribution is 2.47. The van der Waals surface area contributed by atoms with Gasteiger partial charge in [0.15, 0.2) is 5.54 Å². The number of amides is 3. The number of carbonyl (C=O) groups is 3. The molecule has 212 valence electrons. The number of halogens is 4. The summed E-state index contributed by atoms with van der Waals surface area (Å²) in [4.78, 5) is 48.4. The van der Waals surface area contributed by atoms with Gasteiger partial charge in [0.05, 0.1) is 5.69 Å². The van der Waals surface area contributed by atoms with Crippen LogP contribution in [0.1, 0.15) is 43.2 Å². The Hall–Kier alpha value is -4.28. The van der Waals surface area contributed by atoms with Crippen molar-refractivity contribution in [2.75, 3.05) is 9.80 Å². The van der Waals surface area contributed by atoms with E-state index in [4.69, 9.17) is 0 Å². The van der Waals surface area contributed by atoms with Gasteiger partial charge in [-0.2, -0.15) is 0 Å². The zero-order chi connectivity index (χ0) is 28.9. The van der Waals surface area contributed by atoms with Gasteiger partial charge in [-0.15, -0.1) is 0 Å². The van der Waals surface area contributed by atoms with Crippen LogP contribution >= 0.6 is 0 Å². The number of fused-ring (bicyclic) bond motifs is 1. The Labute approximate surface area is 233 Å². The fraction of sp³-hybridized carbons (Fsp3) is 0.333. The molecule has 2 aliphatic carbocycles. The summed E-state index contributed by atoms with van der Waals surface area (Å²) in [6.45, 7) is 0. The molecule has 0 radical (unpaired) electrons. The van der Waals surface area contributed by atoms with Crippen molar-refractivity contribution in [3.8, 4) is 0 Å². The third-order valence-electron chi connectivity index (χ3n) is 8.12. The van der Waals surface area contributed by atoms with Crippen LogP contribution < -0.4 is 15.1 Å². The molecule has 1 aromatic heterocycles. The monoisotopic (exact) mass is 566 g/mol. The molecular formula is C30H26F4N4O3. The second-order valence-electron chi connectivity index (χ2n) is 10.8. The van der Waals surface area contributed by atoms with Crippen LogP contribution in [0, 0.1) is 11.6 Å². The summed E-state index contributed by atoms with van der Waals surface area (Å²) in [6.07, 6.45) is 0.850. The Morgan fingerprint density at radius 1 is 0.976 bits per heavy atom. The van der Waals surface area contributed by atoms with E-state index >= 15 is 0 Å². The molecule has 41 heavy (non-hydrogen) atoms. The van der Waals surface area contributed by atoms with E-state index < -0.39 is 59.8 Å². The van der Waals surface area contributed by atoms with Crippen molar-refractivity contribution in [2.45, 2.75) is 62.1 Å². The lowest BCUT2D eigenvalue weighted by Gasteiger charge is -2.45. The third-order valence-corrected chi connectivity index (χ3v) is 8.12. The van der Waals surface area contributed by atoms with Crippen LogP contribution in [-0.2, 0) is 26.3 Å². The molecule has 2 heterocycles. The Kier molecular flexibility index (Phi) is 6.55. The number of alkyl halides is 2. The molecule has 1 N–H and O–H groups in total. The van der Waals surface area contributed by atoms with Crippen LogP contribution in [0.2, 0.25) is 0 Å². The molecule has 1 saturated carbocycles. The van der Waals surface area contributed by atoms with Crippen molar-refractivity contribution in [2.24, 2.45) is 0 Å². The predicted octanol–water partition coefficient (Wildman–Crippen LogP) is 4.64. The standard InChI is InChI=1S/C30H26F4N4O3/c31-19-13-20(32)15-22(14-19)38(27(40)24-8-9-26(39)37(24)25-7-3-4-12-35-25)30(11-10-18-5-1-2-6-23(18)30)28(41)36-21-16-29(33,34)17-21/h1-7,12-15,21,24H,8-11,16-17H2,(H,36,41)/t24-,30-/m0/s1. The van der Waals surface area contributed by atoms with Crippen molar-refractivity contribution in [3.05, 3.63) is 89.6 Å². The van der Waals surface area contributed by atoms with Gasteiger partial charge < -0.3 is 5.32 Å². The molecule has 0 unspecified atom stereocenters. The minimum absolute atomic E-state index is 0.0191. The number of nitrogens with one attached hydrogen (secondary N) is 1. The molecule has 1 aliphatic heterocycles. The van der Waals surface area contributed by atoms with Crippen LogP contribution in [0.5, 0.6) is 0 Å². The highest BCUT2D eigenvalue weighted by Gasteiger charge is 2.57. The lowest BCUT2D eigenvalue weighted by atomic mass is 9.83. The van der Waals surface area contributed by atoms with E-state index in [9.17, 15) is 31.9 Å². The normalized spacial score (nSPS) is 23.2. The van der Waals surface area contributed by atoms with Gasteiger partial charge in [-0.25, -0.2) is 22.5 Å². The fourth-order valence-corrected chi connectivity index (χ4v) is 6.28. The number of aromatic nitrogens is 1. The molecule has 2 aromatic carbocycles. The predicted molar refractivity (Wildman–Crippen MR) is 141 cm³/mol. The average Bonchev–Trinajstić information content (AvgIpc) is 3.49. The number of hydrogen-bond acceptors (Lipinski definition) is 4. The minimum atomic E-state index is -2.91. The van der Waals surface area contributed by atoms with Gasteiger partial charge in [-0.3, -0.25) is 24.2 Å². The maximum absolute atomic E-state index is 14.7. The number of carbonyl (C=O) groups excluding carboxylic acids is 3. The van der Waals surface area contributed by atoms with Crippen LogP contribution in [0.15, 0.2) is 66.9 Å². The third kappa shape index (κ3) is 4.62. The first-order chi connectivity index (χ1) is 19.6. The number of nitrogens with zero attached hydrogens (tertiary/aromatic N) is 3. The summed E-state index contributed by atoms with van der Waals surface area (Å²) in [7, 11) is 0. The number of benzene rings is 2. The minimum Gasteiger partial charge on any atom is -0.351 e. The Morgan fingerprint density at radius 2 is 1.68 bits per heavy atom. The number of anilines is 2. The van der Waals surface area contributed by atoms with Crippen LogP contribution in [0.4, 0.5) is 29.1 Å². The van der Waals surface area contributed by atoms with E-state index in [1.807, 2.05) is 0 Å². The van der Waals surface area contributed by atoms with Crippen molar-refractivity contribution in [3.63, 3.8) is 0 Å². The largest absolute Gasteiger partial charge is 0.351 e. The van der Waals surface area contributed by atoms with Gasteiger partial charge in [0.1, 0.15) is 23.5 Å². The maximum Gasteiger partial charge on any atom is 0.252 e. The van der Waals surface area contributed by atoms with Crippen LogP contribution in [-0.4, -0.2) is 40.7 Å². The van der Waals surface area contributed by atoms with Gasteiger partial charge in [0.25, 0.3) is 17.7 Å². The number of aryl methyl sites for hydroxylation is 1. The molecule has 2 atom stereocenters. The molecule has 0 bridgehead atoms. The van der Waals surface area contributed by atoms with Gasteiger partial charge in [0.2, 0.25) is 5.91 Å². The molecule has 3 aromatic rings. The molecule has 3 aliphatic rings. The molecule has 3 amide bonds. The number of hydrogen-bond donors (Lipinski definition) is 1. The quantitative estimate of drug-likeness (QED) is 0.441. The average molecular weight is 567 g/mol. The molecule has 11 heteroatoms. The first-order valence-electron chi connectivity index (χ1n) is 13.4. The maximum atomic E-state index is 14.7. The van der Waals surface area contributed by atoms with Crippen molar-refractivity contribution in [1.82, 2.24) is 10.3 Å². The van der Waals surface area contributed by atoms with E-state index in [0.29, 0.717) is 18.1 Å². The first kappa shape index (κ1) is 26.9. The molecule has 2 fully saturated rings. The first-order valence-corrected chi connectivity index (χ1v) is 13.4. The topological polar surface area (TPSA) is 82.6 Å². The van der Waals surface area contributed by atoms with E-state index in [0.717, 1.165) is 22.6 Å². The van der Waals surface area contributed by atoms with E-state index in [2.05, 4.69) is 10.3 Å². The van der Waals surface area contributed by atoms with E-state index in [1.165, 1.54) is 11.1 Å². The molecule has 1 saturated heterocycles. The Balaban J connectivity index is 1.51. The summed E-state index contributed by atoms with van der Waals surface area (Å²) >= 11 is 0. The van der Waals surface area contributed by atoms with Gasteiger partial charge >= 0.3 is 0 Å². The van der Waals surface area contributed by atoms with Gasteiger partial charge in [-0.1, -0.05) is 30.3 Å². The molecular weight excluding hydrogens is 540 g/mol. The van der Waals surface area contributed by atoms with Crippen molar-refractivity contribution >= 4 is 29.2 Å². The molecule has 0 spiro atoms. The fourth-order valence-electron chi connectivity index (χ4n) is 6.28. The highest BCUT2D eigenvalue weighted by atomic mass is 19.3. The van der Waals surface area contributed by atoms with Gasteiger partial charge in [0, 0.05) is 37.6 Å². The van der Waals surface area contributed by atoms with E-state index in [1.54, 1.807) is 42.5 Å². The smallest absolute Gasteiger partial charge is 0.252 e. The second kappa shape index (κ2) is 9.97. The summed E-state index contributed by atoms with van der Waals surface area (Å²) in [5, 5.41) is 2.68. The Morgan fingerprint density at radius 3 is 2.37 bits per heavy atom. The summed E-state index contributed by atoms with van der Waals surface area (Å²) in [6, 6.07) is 12.4. The molecule has 6 rings (SSSR count). The van der Waals surface area contributed by atoms with Crippen molar-refractivity contribution in [1.29, 1.82) is 0 Å². The summed E-state index contributed by atoms with van der Waals surface area (Å²) in [5.74, 6) is -6.46. The lowest BCUT2D eigenvalue weighted by molar-refractivity contribution is -0.137. The van der Waals surface area contributed by atoms with E-state index in [-0.39, 0.29) is 36.7 Å². The zero-order valence-corrected chi connectivity index (χ0v) is 21.8. The summed E-state index contributed by atoms with van der Waals surface area (Å²) in [5.41, 5.74) is -0.880. The summed E-state index contributed by atoms with van der Waals surface area (Å²) < 4.78 is 56.7.